The van der Waals surface area contributed by atoms with Crippen molar-refractivity contribution in [3.63, 3.8) is 0 Å². The van der Waals surface area contributed by atoms with Crippen molar-refractivity contribution in [1.82, 2.24) is 0 Å². The molecule has 0 bridgehead atoms. The van der Waals surface area contributed by atoms with Crippen LogP contribution in [0.3, 0.4) is 0 Å². The summed E-state index contributed by atoms with van der Waals surface area (Å²) >= 11 is 0. The van der Waals surface area contributed by atoms with Gasteiger partial charge in [0.25, 0.3) is 11.6 Å². The number of hydrogen-bond donors (Lipinski definition) is 3. The fraction of sp³-hybridized carbons (Fsp3) is 0. The lowest BCUT2D eigenvalue weighted by Gasteiger charge is -2.06. The molecular weight excluding hydrogens is 372 g/mol. The molecule has 1 aromatic heterocycles. The highest BCUT2D eigenvalue weighted by molar-refractivity contribution is 6.40. The van der Waals surface area contributed by atoms with Gasteiger partial charge in [-0.15, -0.1) is 0 Å². The molecule has 0 aliphatic carbocycles. The van der Waals surface area contributed by atoms with Gasteiger partial charge in [0.05, 0.1) is 5.56 Å². The van der Waals surface area contributed by atoms with Crippen molar-refractivity contribution >= 4 is 34.5 Å². The van der Waals surface area contributed by atoms with Crippen LogP contribution in [0.4, 0.5) is 0 Å². The molecule has 0 saturated heterocycles. The molecule has 28 heavy (non-hydrogen) atoms. The molecule has 2 aromatic carbocycles. The number of carboxylic acids is 2. The summed E-state index contributed by atoms with van der Waals surface area (Å²) in [6.07, 6.45) is 1.05. The number of fused-ring (bicyclic) bond motifs is 1. The summed E-state index contributed by atoms with van der Waals surface area (Å²) in [4.78, 5) is 57.2. The Hall–Kier alpha value is -4.27. The van der Waals surface area contributed by atoms with Crippen LogP contribution in [0, 0.1) is 0 Å². The molecule has 140 valence electrons. The van der Waals surface area contributed by atoms with E-state index in [1.165, 1.54) is 24.3 Å². The van der Waals surface area contributed by atoms with Gasteiger partial charge < -0.3 is 19.7 Å². The van der Waals surface area contributed by atoms with Crippen molar-refractivity contribution in [1.29, 1.82) is 0 Å². The second-order valence-electron chi connectivity index (χ2n) is 5.69. The minimum Gasteiger partial charge on any atom is -0.507 e. The average molecular weight is 382 g/mol. The van der Waals surface area contributed by atoms with Gasteiger partial charge in [-0.05, 0) is 17.7 Å². The maximum absolute atomic E-state index is 12.7. The topological polar surface area (TPSA) is 159 Å². The molecule has 0 aliphatic heterocycles. The number of aliphatic carboxylic acids is 2. The summed E-state index contributed by atoms with van der Waals surface area (Å²) in [5.74, 6) is -6.35. The summed E-state index contributed by atoms with van der Waals surface area (Å²) in [5, 5.41) is 27.3. The van der Waals surface area contributed by atoms with Gasteiger partial charge in [-0.1, -0.05) is 24.3 Å². The van der Waals surface area contributed by atoms with Crippen molar-refractivity contribution < 1.29 is 38.9 Å². The van der Waals surface area contributed by atoms with Crippen LogP contribution in [0.5, 0.6) is 5.75 Å². The normalized spacial score (nSPS) is 10.6. The third-order valence-electron chi connectivity index (χ3n) is 3.97. The molecule has 1 heterocycles. The first kappa shape index (κ1) is 18.5. The van der Waals surface area contributed by atoms with Crippen LogP contribution in [-0.4, -0.2) is 38.8 Å². The molecular formula is C19H10O9. The van der Waals surface area contributed by atoms with E-state index in [9.17, 15) is 29.1 Å². The fourth-order valence-corrected chi connectivity index (χ4v) is 2.61. The number of rotatable bonds is 5. The van der Waals surface area contributed by atoms with E-state index in [0.717, 1.165) is 18.4 Å². The molecule has 0 saturated carbocycles. The highest BCUT2D eigenvalue weighted by Gasteiger charge is 2.20. The van der Waals surface area contributed by atoms with Gasteiger partial charge in [0, 0.05) is 11.1 Å². The summed E-state index contributed by atoms with van der Waals surface area (Å²) < 4.78 is 5.28. The van der Waals surface area contributed by atoms with Crippen molar-refractivity contribution in [2.75, 3.05) is 0 Å². The quantitative estimate of drug-likeness (QED) is 0.441. The number of ketones is 2. The van der Waals surface area contributed by atoms with E-state index in [4.69, 9.17) is 14.6 Å². The van der Waals surface area contributed by atoms with Crippen LogP contribution >= 0.6 is 0 Å². The molecule has 0 spiro atoms. The lowest BCUT2D eigenvalue weighted by molar-refractivity contribution is -0.132. The number of phenolic OH excluding ortho intramolecular Hbond substituents is 1. The summed E-state index contributed by atoms with van der Waals surface area (Å²) in [6.45, 7) is 0. The zero-order valence-electron chi connectivity index (χ0n) is 13.8. The van der Waals surface area contributed by atoms with Crippen molar-refractivity contribution in [2.45, 2.75) is 0 Å². The molecule has 9 heteroatoms. The van der Waals surface area contributed by atoms with Gasteiger partial charge in [-0.2, -0.15) is 0 Å². The van der Waals surface area contributed by atoms with E-state index >= 15 is 0 Å². The van der Waals surface area contributed by atoms with E-state index in [1.807, 2.05) is 0 Å². The predicted octanol–water partition coefficient (Wildman–Crippen LogP) is 1.70. The smallest absolute Gasteiger partial charge is 0.377 e. The second-order valence-corrected chi connectivity index (χ2v) is 5.69. The molecule has 0 unspecified atom stereocenters. The first-order valence-corrected chi connectivity index (χ1v) is 7.65. The third kappa shape index (κ3) is 3.12. The second kappa shape index (κ2) is 6.80. The first-order valence-electron chi connectivity index (χ1n) is 7.65. The Morgan fingerprint density at radius 1 is 0.821 bits per heavy atom. The van der Waals surface area contributed by atoms with E-state index in [1.54, 1.807) is 0 Å². The highest BCUT2D eigenvalue weighted by Crippen LogP contribution is 2.27. The van der Waals surface area contributed by atoms with Crippen LogP contribution in [0.25, 0.3) is 22.1 Å². The number of carbonyl (C=O) groups is 4. The van der Waals surface area contributed by atoms with Gasteiger partial charge in [0.2, 0.25) is 5.43 Å². The lowest BCUT2D eigenvalue weighted by atomic mass is 10.0. The van der Waals surface area contributed by atoms with Crippen LogP contribution in [0.1, 0.15) is 20.7 Å². The predicted molar refractivity (Wildman–Crippen MR) is 93.5 cm³/mol. The number of carbonyl (C=O) groups excluding carboxylic acids is 2. The highest BCUT2D eigenvalue weighted by atomic mass is 16.4. The Morgan fingerprint density at radius 2 is 1.39 bits per heavy atom. The number of hydrogen-bond acceptors (Lipinski definition) is 7. The summed E-state index contributed by atoms with van der Waals surface area (Å²) in [7, 11) is 0. The largest absolute Gasteiger partial charge is 0.507 e. The van der Waals surface area contributed by atoms with E-state index in [2.05, 4.69) is 0 Å². The van der Waals surface area contributed by atoms with E-state index in [0.29, 0.717) is 5.56 Å². The number of aromatic hydroxyl groups is 1. The monoisotopic (exact) mass is 382 g/mol. The number of carboxylic acid groups (broad SMARTS) is 2. The molecule has 0 radical (unpaired) electrons. The molecule has 9 nitrogen and oxygen atoms in total. The SMILES string of the molecule is O=C(O)C(=O)c1ccc(-c2coc3cc(C(=O)C(=O)O)cc(O)c3c2=O)cc1. The van der Waals surface area contributed by atoms with Gasteiger partial charge in [-0.3, -0.25) is 14.4 Å². The van der Waals surface area contributed by atoms with Crippen LogP contribution in [0.15, 0.2) is 51.9 Å². The Labute approximate surface area is 155 Å². The number of benzene rings is 2. The molecule has 0 atom stereocenters. The van der Waals surface area contributed by atoms with Crippen LogP contribution in [-0.2, 0) is 9.59 Å². The maximum atomic E-state index is 12.7. The lowest BCUT2D eigenvalue weighted by Crippen LogP contribution is -2.13. The standard InChI is InChI=1S/C19H10O9/c20-12-5-10(16(22)19(26)27)6-13-14(12)17(23)11(7-28-13)8-1-3-9(4-2-8)15(21)18(24)25/h1-7,20H,(H,24,25)(H,26,27). The molecule has 0 aliphatic rings. The minimum atomic E-state index is -1.73. The molecule has 0 fully saturated rings. The van der Waals surface area contributed by atoms with E-state index < -0.39 is 34.7 Å². The molecule has 0 amide bonds. The molecule has 3 rings (SSSR count). The van der Waals surface area contributed by atoms with E-state index in [-0.39, 0.29) is 27.7 Å². The average Bonchev–Trinajstić information content (AvgIpc) is 2.66. The summed E-state index contributed by atoms with van der Waals surface area (Å²) in [5.41, 5.74) is -0.982. The van der Waals surface area contributed by atoms with Gasteiger partial charge in [-0.25, -0.2) is 9.59 Å². The van der Waals surface area contributed by atoms with Gasteiger partial charge in [0.1, 0.15) is 23.0 Å². The van der Waals surface area contributed by atoms with Crippen LogP contribution in [0.2, 0.25) is 0 Å². The third-order valence-corrected chi connectivity index (χ3v) is 3.97. The van der Waals surface area contributed by atoms with Crippen LogP contribution < -0.4 is 5.43 Å². The Balaban J connectivity index is 2.12. The minimum absolute atomic E-state index is 0.00874. The van der Waals surface area contributed by atoms with Gasteiger partial charge in [0.15, 0.2) is 0 Å². The maximum Gasteiger partial charge on any atom is 0.377 e. The first-order chi connectivity index (χ1) is 13.2. The van der Waals surface area contributed by atoms with Crippen molar-refractivity contribution in [2.24, 2.45) is 0 Å². The van der Waals surface area contributed by atoms with Crippen molar-refractivity contribution in [3.8, 4) is 16.9 Å². The number of phenols is 1. The fourth-order valence-electron chi connectivity index (χ4n) is 2.61. The van der Waals surface area contributed by atoms with Gasteiger partial charge >= 0.3 is 11.9 Å². The Morgan fingerprint density at radius 3 is 1.96 bits per heavy atom. The summed E-state index contributed by atoms with van der Waals surface area (Å²) in [6, 6.07) is 7.02. The Kier molecular flexibility index (Phi) is 4.50. The molecule has 3 aromatic rings. The van der Waals surface area contributed by atoms with Crippen molar-refractivity contribution in [3.05, 3.63) is 64.0 Å². The zero-order chi connectivity index (χ0) is 20.6. The number of Topliss-reactive ketones (excluding diaryl/α,β-unsaturated/α-hetero) is 2. The Bertz CT molecular complexity index is 1220. The molecule has 3 N–H and O–H groups in total. The zero-order valence-corrected chi connectivity index (χ0v) is 13.8.